The van der Waals surface area contributed by atoms with Crippen molar-refractivity contribution in [2.24, 2.45) is 5.73 Å². The summed E-state index contributed by atoms with van der Waals surface area (Å²) >= 11 is 1.89. The second kappa shape index (κ2) is 6.74. The van der Waals surface area contributed by atoms with Crippen LogP contribution in [0, 0.1) is 0 Å². The van der Waals surface area contributed by atoms with Crippen molar-refractivity contribution < 1.29 is 4.74 Å². The van der Waals surface area contributed by atoms with Crippen LogP contribution in [0.15, 0.2) is 0 Å². The summed E-state index contributed by atoms with van der Waals surface area (Å²) in [4.78, 5) is 2.42. The highest BCUT2D eigenvalue weighted by Gasteiger charge is 2.30. The van der Waals surface area contributed by atoms with Crippen LogP contribution >= 0.6 is 11.8 Å². The van der Waals surface area contributed by atoms with Crippen molar-refractivity contribution in [3.05, 3.63) is 0 Å². The fourth-order valence-electron chi connectivity index (χ4n) is 2.27. The van der Waals surface area contributed by atoms with Gasteiger partial charge >= 0.3 is 0 Å². The molecule has 0 aromatic heterocycles. The maximum atomic E-state index is 5.84. The molecule has 4 heteroatoms. The highest BCUT2D eigenvalue weighted by Crippen LogP contribution is 2.21. The van der Waals surface area contributed by atoms with E-state index < -0.39 is 0 Å². The lowest BCUT2D eigenvalue weighted by atomic mass is 10.1. The van der Waals surface area contributed by atoms with Crippen LogP contribution in [0.1, 0.15) is 19.8 Å². The average Bonchev–Trinajstić information content (AvgIpc) is 2.65. The molecule has 0 radical (unpaired) electrons. The molecule has 15 heavy (non-hydrogen) atoms. The Labute approximate surface area is 97.7 Å². The quantitative estimate of drug-likeness (QED) is 0.746. The molecule has 0 amide bonds. The van der Waals surface area contributed by atoms with Crippen molar-refractivity contribution >= 4 is 11.8 Å². The molecular weight excluding hydrogens is 208 g/mol. The molecule has 1 aliphatic rings. The van der Waals surface area contributed by atoms with Crippen LogP contribution in [0.3, 0.4) is 0 Å². The molecule has 0 bridgehead atoms. The summed E-state index contributed by atoms with van der Waals surface area (Å²) in [6.07, 6.45) is 4.83. The fourth-order valence-corrected chi connectivity index (χ4v) is 2.78. The van der Waals surface area contributed by atoms with Gasteiger partial charge in [0.15, 0.2) is 0 Å². The first-order valence-corrected chi connectivity index (χ1v) is 7.12. The van der Waals surface area contributed by atoms with Crippen LogP contribution in [-0.2, 0) is 4.74 Å². The molecule has 3 nitrogen and oxygen atoms in total. The number of nitrogens with zero attached hydrogens (tertiary/aromatic N) is 1. The molecule has 1 saturated heterocycles. The number of thioether (sulfide) groups is 1. The molecule has 1 heterocycles. The fraction of sp³-hybridized carbons (Fsp3) is 1.00. The van der Waals surface area contributed by atoms with Crippen LogP contribution in [0.4, 0.5) is 0 Å². The molecule has 90 valence electrons. The molecule has 0 spiro atoms. The van der Waals surface area contributed by atoms with Gasteiger partial charge in [-0.2, -0.15) is 11.8 Å². The Morgan fingerprint density at radius 3 is 2.80 bits per heavy atom. The molecule has 0 aromatic carbocycles. The van der Waals surface area contributed by atoms with Gasteiger partial charge in [-0.3, -0.25) is 4.90 Å². The summed E-state index contributed by atoms with van der Waals surface area (Å²) in [7, 11) is 2.19. The summed E-state index contributed by atoms with van der Waals surface area (Å²) in [6, 6.07) is 1.06. The summed E-state index contributed by atoms with van der Waals surface area (Å²) in [5.41, 5.74) is 5.84. The Kier molecular flexibility index (Phi) is 5.97. The normalized spacial score (nSPS) is 28.6. The van der Waals surface area contributed by atoms with Gasteiger partial charge in [0.05, 0.1) is 6.10 Å². The molecule has 0 aromatic rings. The summed E-state index contributed by atoms with van der Waals surface area (Å²) < 4.78 is 5.60. The molecule has 1 fully saturated rings. The second-order valence-corrected chi connectivity index (χ2v) is 5.25. The first-order chi connectivity index (χ1) is 7.20. The molecule has 2 N–H and O–H groups in total. The predicted molar refractivity (Wildman–Crippen MR) is 67.4 cm³/mol. The number of nitrogens with two attached hydrogens (primary N) is 1. The minimum Gasteiger partial charge on any atom is -0.377 e. The van der Waals surface area contributed by atoms with Crippen molar-refractivity contribution in [1.29, 1.82) is 0 Å². The maximum absolute atomic E-state index is 5.84. The van der Waals surface area contributed by atoms with Gasteiger partial charge in [-0.25, -0.2) is 0 Å². The van der Waals surface area contributed by atoms with E-state index in [0.717, 1.165) is 19.6 Å². The van der Waals surface area contributed by atoms with Gasteiger partial charge in [0.1, 0.15) is 0 Å². The average molecular weight is 232 g/mol. The Morgan fingerprint density at radius 2 is 2.33 bits per heavy atom. The van der Waals surface area contributed by atoms with Crippen molar-refractivity contribution in [2.45, 2.75) is 38.0 Å². The molecule has 0 aliphatic carbocycles. The van der Waals surface area contributed by atoms with Crippen molar-refractivity contribution in [3.8, 4) is 0 Å². The Hall–Kier alpha value is 0.230. The number of rotatable bonds is 6. The SMILES string of the molecule is CSCCC(CN)N(C)C1CCOC1C. The third-order valence-corrected chi connectivity index (χ3v) is 4.01. The van der Waals surface area contributed by atoms with Crippen molar-refractivity contribution in [2.75, 3.05) is 32.2 Å². The lowest BCUT2D eigenvalue weighted by molar-refractivity contribution is 0.0682. The third-order valence-electron chi connectivity index (χ3n) is 3.36. The molecule has 3 unspecified atom stereocenters. The van der Waals surface area contributed by atoms with Crippen LogP contribution in [0.5, 0.6) is 0 Å². The van der Waals surface area contributed by atoms with E-state index in [1.54, 1.807) is 0 Å². The van der Waals surface area contributed by atoms with Gasteiger partial charge in [-0.15, -0.1) is 0 Å². The highest BCUT2D eigenvalue weighted by atomic mass is 32.2. The van der Waals surface area contributed by atoms with E-state index >= 15 is 0 Å². The maximum Gasteiger partial charge on any atom is 0.0703 e. The van der Waals surface area contributed by atoms with E-state index in [4.69, 9.17) is 10.5 Å². The first-order valence-electron chi connectivity index (χ1n) is 5.73. The monoisotopic (exact) mass is 232 g/mol. The number of ether oxygens (including phenoxy) is 1. The van der Waals surface area contributed by atoms with Gasteiger partial charge in [0, 0.05) is 25.2 Å². The van der Waals surface area contributed by atoms with Gasteiger partial charge in [0.2, 0.25) is 0 Å². The van der Waals surface area contributed by atoms with Crippen LogP contribution in [-0.4, -0.2) is 55.3 Å². The van der Waals surface area contributed by atoms with Crippen LogP contribution < -0.4 is 5.73 Å². The Bertz CT molecular complexity index is 180. The van der Waals surface area contributed by atoms with Crippen molar-refractivity contribution in [3.63, 3.8) is 0 Å². The van der Waals surface area contributed by atoms with Gasteiger partial charge in [-0.05, 0) is 38.8 Å². The van der Waals surface area contributed by atoms with Gasteiger partial charge in [-0.1, -0.05) is 0 Å². The predicted octanol–water partition coefficient (Wildman–Crippen LogP) is 1.18. The largest absolute Gasteiger partial charge is 0.377 e. The van der Waals surface area contributed by atoms with Crippen molar-refractivity contribution in [1.82, 2.24) is 4.90 Å². The summed E-state index contributed by atoms with van der Waals surface area (Å²) in [5, 5.41) is 0. The zero-order valence-corrected chi connectivity index (χ0v) is 10.9. The number of hydrogen-bond acceptors (Lipinski definition) is 4. The van der Waals surface area contributed by atoms with E-state index in [0.29, 0.717) is 18.2 Å². The summed E-state index contributed by atoms with van der Waals surface area (Å²) in [5.74, 6) is 1.19. The first kappa shape index (κ1) is 13.3. The standard InChI is InChI=1S/C11H24N2OS/c1-9-11(4-6-14-9)13(2)10(8-12)5-7-15-3/h9-11H,4-8,12H2,1-3H3. The zero-order chi connectivity index (χ0) is 11.3. The lowest BCUT2D eigenvalue weighted by Crippen LogP contribution is -2.47. The highest BCUT2D eigenvalue weighted by molar-refractivity contribution is 7.98. The molecule has 3 atom stereocenters. The molecular formula is C11H24N2OS. The second-order valence-electron chi connectivity index (χ2n) is 4.27. The zero-order valence-electron chi connectivity index (χ0n) is 10.1. The Morgan fingerprint density at radius 1 is 1.60 bits per heavy atom. The molecule has 1 aliphatic heterocycles. The van der Waals surface area contributed by atoms with E-state index in [9.17, 15) is 0 Å². The van der Waals surface area contributed by atoms with E-state index in [1.807, 2.05) is 11.8 Å². The minimum absolute atomic E-state index is 0.360. The number of hydrogen-bond donors (Lipinski definition) is 1. The number of likely N-dealkylation sites (N-methyl/N-ethyl adjacent to an activating group) is 1. The van der Waals surface area contributed by atoms with Gasteiger partial charge < -0.3 is 10.5 Å². The van der Waals surface area contributed by atoms with E-state index in [2.05, 4.69) is 25.1 Å². The van der Waals surface area contributed by atoms with Gasteiger partial charge in [0.25, 0.3) is 0 Å². The lowest BCUT2D eigenvalue weighted by Gasteiger charge is -2.33. The van der Waals surface area contributed by atoms with Crippen LogP contribution in [0.2, 0.25) is 0 Å². The topological polar surface area (TPSA) is 38.5 Å². The smallest absolute Gasteiger partial charge is 0.0703 e. The van der Waals surface area contributed by atoms with E-state index in [1.165, 1.54) is 12.2 Å². The minimum atomic E-state index is 0.360. The Balaban J connectivity index is 2.44. The van der Waals surface area contributed by atoms with E-state index in [-0.39, 0.29) is 0 Å². The summed E-state index contributed by atoms with van der Waals surface area (Å²) in [6.45, 7) is 3.81. The third kappa shape index (κ3) is 3.63. The van der Waals surface area contributed by atoms with Crippen LogP contribution in [0.25, 0.3) is 0 Å². The molecule has 0 saturated carbocycles. The molecule has 1 rings (SSSR count).